The highest BCUT2D eigenvalue weighted by Crippen LogP contribution is 2.35. The highest BCUT2D eigenvalue weighted by Gasteiger charge is 2.36. The van der Waals surface area contributed by atoms with Gasteiger partial charge in [0.25, 0.3) is 0 Å². The number of Topliss-reactive ketones (excluding diaryl/α,β-unsaturated/α-hetero) is 1. The summed E-state index contributed by atoms with van der Waals surface area (Å²) >= 11 is 0. The molecule has 21 heavy (non-hydrogen) atoms. The zero-order valence-corrected chi connectivity index (χ0v) is 13.7. The summed E-state index contributed by atoms with van der Waals surface area (Å²) in [5.74, 6) is 1.34. The third-order valence-corrected chi connectivity index (χ3v) is 6.25. The SMILES string of the molecule is O=C1CCN(C2CCCCCC2)C(C2CCCCCC2)C1. The Balaban J connectivity index is 1.70. The van der Waals surface area contributed by atoms with Gasteiger partial charge in [-0.15, -0.1) is 0 Å². The summed E-state index contributed by atoms with van der Waals surface area (Å²) in [7, 11) is 0. The molecule has 2 heteroatoms. The van der Waals surface area contributed by atoms with Gasteiger partial charge in [-0.25, -0.2) is 0 Å². The fourth-order valence-electron chi connectivity index (χ4n) is 5.05. The molecule has 0 amide bonds. The van der Waals surface area contributed by atoms with Crippen LogP contribution >= 0.6 is 0 Å². The van der Waals surface area contributed by atoms with Crippen LogP contribution in [0, 0.1) is 5.92 Å². The van der Waals surface area contributed by atoms with E-state index in [1.165, 1.54) is 77.0 Å². The summed E-state index contributed by atoms with van der Waals surface area (Å²) in [6, 6.07) is 1.38. The van der Waals surface area contributed by atoms with Gasteiger partial charge in [-0.1, -0.05) is 51.4 Å². The number of ketones is 1. The van der Waals surface area contributed by atoms with Crippen molar-refractivity contribution in [2.24, 2.45) is 5.92 Å². The van der Waals surface area contributed by atoms with Crippen LogP contribution in [0.1, 0.15) is 89.9 Å². The van der Waals surface area contributed by atoms with Gasteiger partial charge >= 0.3 is 0 Å². The van der Waals surface area contributed by atoms with Gasteiger partial charge in [-0.3, -0.25) is 9.69 Å². The molecule has 2 aliphatic carbocycles. The highest BCUT2D eigenvalue weighted by atomic mass is 16.1. The van der Waals surface area contributed by atoms with Crippen LogP contribution in [0.2, 0.25) is 0 Å². The van der Waals surface area contributed by atoms with Crippen molar-refractivity contribution >= 4 is 5.78 Å². The molecule has 0 radical (unpaired) electrons. The van der Waals surface area contributed by atoms with E-state index in [0.29, 0.717) is 11.8 Å². The molecule has 0 bridgehead atoms. The smallest absolute Gasteiger partial charge is 0.135 e. The Hall–Kier alpha value is -0.370. The molecule has 2 nitrogen and oxygen atoms in total. The van der Waals surface area contributed by atoms with Gasteiger partial charge in [-0.2, -0.15) is 0 Å². The number of hydrogen-bond acceptors (Lipinski definition) is 2. The standard InChI is InChI=1S/C19H33NO/c21-18-13-14-20(17-11-7-3-4-8-12-17)19(15-18)16-9-5-1-2-6-10-16/h16-17,19H,1-15H2. The van der Waals surface area contributed by atoms with Gasteiger partial charge in [0, 0.05) is 31.5 Å². The summed E-state index contributed by atoms with van der Waals surface area (Å²) in [6.45, 7) is 1.06. The zero-order chi connectivity index (χ0) is 14.5. The van der Waals surface area contributed by atoms with Gasteiger partial charge in [0.2, 0.25) is 0 Å². The number of likely N-dealkylation sites (tertiary alicyclic amines) is 1. The molecule has 1 unspecified atom stereocenters. The van der Waals surface area contributed by atoms with Gasteiger partial charge in [0.05, 0.1) is 0 Å². The van der Waals surface area contributed by atoms with Crippen LogP contribution in [-0.4, -0.2) is 29.3 Å². The Kier molecular flexibility index (Phi) is 5.74. The van der Waals surface area contributed by atoms with Crippen LogP contribution in [-0.2, 0) is 4.79 Å². The van der Waals surface area contributed by atoms with Crippen molar-refractivity contribution in [3.63, 3.8) is 0 Å². The maximum Gasteiger partial charge on any atom is 0.135 e. The van der Waals surface area contributed by atoms with E-state index in [-0.39, 0.29) is 0 Å². The molecule has 3 aliphatic rings. The lowest BCUT2D eigenvalue weighted by molar-refractivity contribution is -0.125. The fraction of sp³-hybridized carbons (Fsp3) is 0.947. The van der Waals surface area contributed by atoms with Crippen LogP contribution in [0.15, 0.2) is 0 Å². The average molecular weight is 291 g/mol. The molecule has 0 N–H and O–H groups in total. The number of piperidine rings is 1. The first kappa shape index (κ1) is 15.5. The summed E-state index contributed by atoms with van der Waals surface area (Å²) in [6.07, 6.45) is 18.5. The first-order valence-electron chi connectivity index (χ1n) is 9.62. The predicted octanol–water partition coefficient (Wildman–Crippen LogP) is 4.71. The summed E-state index contributed by atoms with van der Waals surface area (Å²) in [5.41, 5.74) is 0. The maximum absolute atomic E-state index is 12.1. The van der Waals surface area contributed by atoms with Crippen molar-refractivity contribution in [1.82, 2.24) is 4.90 Å². The fourth-order valence-corrected chi connectivity index (χ4v) is 5.05. The number of hydrogen-bond donors (Lipinski definition) is 0. The normalized spacial score (nSPS) is 31.8. The van der Waals surface area contributed by atoms with Gasteiger partial charge in [0.1, 0.15) is 5.78 Å². The lowest BCUT2D eigenvalue weighted by atomic mass is 9.83. The molecule has 0 aromatic carbocycles. The highest BCUT2D eigenvalue weighted by molar-refractivity contribution is 5.80. The van der Waals surface area contributed by atoms with E-state index in [0.717, 1.165) is 31.3 Å². The largest absolute Gasteiger partial charge is 0.300 e. The molecular formula is C19H33NO. The van der Waals surface area contributed by atoms with Crippen LogP contribution in [0.4, 0.5) is 0 Å². The second kappa shape index (κ2) is 7.76. The van der Waals surface area contributed by atoms with E-state index >= 15 is 0 Å². The molecule has 1 atom stereocenters. The van der Waals surface area contributed by atoms with E-state index < -0.39 is 0 Å². The lowest BCUT2D eigenvalue weighted by Crippen LogP contribution is -2.51. The molecule has 0 aromatic rings. The molecule has 2 saturated carbocycles. The Morgan fingerprint density at radius 3 is 1.95 bits per heavy atom. The number of carbonyl (C=O) groups is 1. The molecule has 0 aromatic heterocycles. The monoisotopic (exact) mass is 291 g/mol. The first-order chi connectivity index (χ1) is 10.3. The number of rotatable bonds is 2. The van der Waals surface area contributed by atoms with E-state index in [1.54, 1.807) is 0 Å². The van der Waals surface area contributed by atoms with Crippen molar-refractivity contribution in [2.75, 3.05) is 6.54 Å². The Morgan fingerprint density at radius 1 is 0.762 bits per heavy atom. The summed E-state index contributed by atoms with van der Waals surface area (Å²) in [4.78, 5) is 14.9. The van der Waals surface area contributed by atoms with Crippen molar-refractivity contribution < 1.29 is 4.79 Å². The van der Waals surface area contributed by atoms with Crippen LogP contribution in [0.25, 0.3) is 0 Å². The maximum atomic E-state index is 12.1. The summed E-state index contributed by atoms with van der Waals surface area (Å²) < 4.78 is 0. The Bertz CT molecular complexity index is 324. The van der Waals surface area contributed by atoms with E-state index in [1.807, 2.05) is 0 Å². The van der Waals surface area contributed by atoms with Crippen molar-refractivity contribution in [3.05, 3.63) is 0 Å². The third-order valence-electron chi connectivity index (χ3n) is 6.25. The summed E-state index contributed by atoms with van der Waals surface area (Å²) in [5, 5.41) is 0. The molecule has 3 fully saturated rings. The molecule has 1 saturated heterocycles. The molecular weight excluding hydrogens is 258 g/mol. The predicted molar refractivity (Wildman–Crippen MR) is 87.4 cm³/mol. The van der Waals surface area contributed by atoms with Crippen LogP contribution in [0.3, 0.4) is 0 Å². The molecule has 1 aliphatic heterocycles. The quantitative estimate of drug-likeness (QED) is 0.687. The van der Waals surface area contributed by atoms with Crippen LogP contribution < -0.4 is 0 Å². The van der Waals surface area contributed by atoms with Crippen molar-refractivity contribution in [2.45, 2.75) is 102 Å². The third kappa shape index (κ3) is 4.09. The van der Waals surface area contributed by atoms with Crippen molar-refractivity contribution in [3.8, 4) is 0 Å². The molecule has 3 rings (SSSR count). The number of nitrogens with zero attached hydrogens (tertiary/aromatic N) is 1. The van der Waals surface area contributed by atoms with Crippen molar-refractivity contribution in [1.29, 1.82) is 0 Å². The Labute approximate surface area is 130 Å². The Morgan fingerprint density at radius 2 is 1.33 bits per heavy atom. The topological polar surface area (TPSA) is 20.3 Å². The first-order valence-corrected chi connectivity index (χ1v) is 9.62. The molecule has 120 valence electrons. The van der Waals surface area contributed by atoms with Gasteiger partial charge < -0.3 is 0 Å². The average Bonchev–Trinajstić information content (AvgIpc) is 2.92. The van der Waals surface area contributed by atoms with Gasteiger partial charge in [-0.05, 0) is 31.6 Å². The minimum atomic E-state index is 0.536. The van der Waals surface area contributed by atoms with Crippen LogP contribution in [0.5, 0.6) is 0 Å². The molecule has 0 spiro atoms. The minimum Gasteiger partial charge on any atom is -0.300 e. The zero-order valence-electron chi connectivity index (χ0n) is 13.7. The minimum absolute atomic E-state index is 0.536. The number of carbonyl (C=O) groups excluding carboxylic acids is 1. The van der Waals surface area contributed by atoms with E-state index in [2.05, 4.69) is 4.90 Å². The van der Waals surface area contributed by atoms with E-state index in [9.17, 15) is 4.79 Å². The lowest BCUT2D eigenvalue weighted by Gasteiger charge is -2.44. The van der Waals surface area contributed by atoms with E-state index in [4.69, 9.17) is 0 Å². The second-order valence-corrected chi connectivity index (χ2v) is 7.70. The second-order valence-electron chi connectivity index (χ2n) is 7.70. The molecule has 1 heterocycles. The van der Waals surface area contributed by atoms with Gasteiger partial charge in [0.15, 0.2) is 0 Å².